The van der Waals surface area contributed by atoms with E-state index < -0.39 is 11.4 Å². The van der Waals surface area contributed by atoms with Crippen LogP contribution in [0.4, 0.5) is 0 Å². The van der Waals surface area contributed by atoms with Crippen LogP contribution < -0.4 is 10.6 Å². The smallest absolute Gasteiger partial charge is 0.251 e. The van der Waals surface area contributed by atoms with E-state index in [1.807, 2.05) is 64.1 Å². The van der Waals surface area contributed by atoms with Gasteiger partial charge in [-0.2, -0.15) is 10.5 Å². The molecule has 6 nitrogen and oxygen atoms in total. The molecule has 1 aliphatic rings. The van der Waals surface area contributed by atoms with Crippen LogP contribution in [0.2, 0.25) is 0 Å². The predicted molar refractivity (Wildman–Crippen MR) is 138 cm³/mol. The Balaban J connectivity index is 2.43. The summed E-state index contributed by atoms with van der Waals surface area (Å²) in [4.78, 5) is 16.0. The fraction of sp³-hybridized carbons (Fsp3) is 0.393. The first-order valence-corrected chi connectivity index (χ1v) is 12.3. The van der Waals surface area contributed by atoms with E-state index in [0.717, 1.165) is 34.4 Å². The molecule has 1 aliphatic heterocycles. The molecular weight excluding hydrogens is 458 g/mol. The first kappa shape index (κ1) is 26.4. The van der Waals surface area contributed by atoms with Crippen molar-refractivity contribution in [3.63, 3.8) is 0 Å². The Labute approximate surface area is 213 Å². The number of hydrogen-bond donors (Lipinski definition) is 2. The number of hydrogen-bond acceptors (Lipinski definition) is 5. The number of carbonyl (C=O) groups excluding carboxylic acids is 1. The maximum absolute atomic E-state index is 13.8. The van der Waals surface area contributed by atoms with Gasteiger partial charge in [-0.25, -0.2) is 0 Å². The molecular formula is C28H32ClN5O. The van der Waals surface area contributed by atoms with Crippen LogP contribution in [0.5, 0.6) is 0 Å². The maximum atomic E-state index is 13.8. The molecule has 2 aromatic carbocycles. The number of amides is 1. The van der Waals surface area contributed by atoms with Crippen LogP contribution in [0.1, 0.15) is 41.7 Å². The van der Waals surface area contributed by atoms with Gasteiger partial charge in [0.25, 0.3) is 5.91 Å². The third kappa shape index (κ3) is 5.74. The molecule has 1 atom stereocenters. The molecule has 0 bridgehead atoms. The summed E-state index contributed by atoms with van der Waals surface area (Å²) < 4.78 is 0. The van der Waals surface area contributed by atoms with Gasteiger partial charge in [0, 0.05) is 31.7 Å². The molecule has 1 amide bonds. The highest BCUT2D eigenvalue weighted by atomic mass is 35.5. The van der Waals surface area contributed by atoms with Crippen molar-refractivity contribution in [2.24, 2.45) is 0 Å². The summed E-state index contributed by atoms with van der Waals surface area (Å²) in [6.45, 7) is 9.72. The van der Waals surface area contributed by atoms with Gasteiger partial charge in [-0.1, -0.05) is 53.6 Å². The van der Waals surface area contributed by atoms with Crippen molar-refractivity contribution in [3.8, 4) is 12.1 Å². The van der Waals surface area contributed by atoms with Gasteiger partial charge < -0.3 is 10.6 Å². The second kappa shape index (κ2) is 11.5. The van der Waals surface area contributed by atoms with Gasteiger partial charge in [0.1, 0.15) is 17.7 Å². The van der Waals surface area contributed by atoms with Gasteiger partial charge in [0.05, 0.1) is 11.1 Å². The summed E-state index contributed by atoms with van der Waals surface area (Å²) >= 11 is 6.22. The highest BCUT2D eigenvalue weighted by molar-refractivity contribution is 6.17. The van der Waals surface area contributed by atoms with E-state index in [-0.39, 0.29) is 17.2 Å². The molecule has 35 heavy (non-hydrogen) atoms. The number of halogens is 1. The molecule has 1 unspecified atom stereocenters. The molecule has 2 aromatic rings. The second-order valence-electron chi connectivity index (χ2n) is 9.39. The highest BCUT2D eigenvalue weighted by Gasteiger charge is 2.48. The number of rotatable bonds is 8. The largest absolute Gasteiger partial charge is 0.350 e. The molecule has 182 valence electrons. The summed E-state index contributed by atoms with van der Waals surface area (Å²) in [5.74, 6) is -0.0996. The lowest BCUT2D eigenvalue weighted by Crippen LogP contribution is -2.53. The Hall–Kier alpha value is -3.16. The molecule has 1 heterocycles. The summed E-state index contributed by atoms with van der Waals surface area (Å²) in [7, 11) is 0. The normalized spacial score (nSPS) is 15.2. The van der Waals surface area contributed by atoms with Crippen LogP contribution in [0.15, 0.2) is 53.6 Å². The van der Waals surface area contributed by atoms with Crippen LogP contribution in [0, 0.1) is 36.5 Å². The fourth-order valence-electron chi connectivity index (χ4n) is 4.98. The van der Waals surface area contributed by atoms with Crippen molar-refractivity contribution >= 4 is 17.5 Å². The minimum atomic E-state index is -1.06. The third-order valence-corrected chi connectivity index (χ3v) is 6.54. The Kier molecular flexibility index (Phi) is 8.70. The number of benzene rings is 2. The van der Waals surface area contributed by atoms with Crippen LogP contribution >= 0.6 is 11.6 Å². The van der Waals surface area contributed by atoms with Crippen LogP contribution in [-0.4, -0.2) is 36.6 Å². The van der Waals surface area contributed by atoms with Crippen molar-refractivity contribution in [2.45, 2.75) is 51.6 Å². The number of nitrogens with zero attached hydrogens (tertiary/aromatic N) is 3. The zero-order valence-corrected chi connectivity index (χ0v) is 21.5. The lowest BCUT2D eigenvalue weighted by Gasteiger charge is -2.44. The van der Waals surface area contributed by atoms with Crippen molar-refractivity contribution in [1.82, 2.24) is 15.5 Å². The minimum Gasteiger partial charge on any atom is -0.350 e. The molecule has 7 heteroatoms. The van der Waals surface area contributed by atoms with E-state index in [4.69, 9.17) is 11.6 Å². The molecule has 0 saturated carbocycles. The third-order valence-electron chi connectivity index (χ3n) is 6.24. The topological polar surface area (TPSA) is 92.0 Å². The lowest BCUT2D eigenvalue weighted by molar-refractivity contribution is -0.119. The molecule has 1 saturated heterocycles. The van der Waals surface area contributed by atoms with Gasteiger partial charge >= 0.3 is 0 Å². The molecule has 0 aromatic heterocycles. The van der Waals surface area contributed by atoms with E-state index in [0.29, 0.717) is 25.5 Å². The Morgan fingerprint density at radius 1 is 1.14 bits per heavy atom. The summed E-state index contributed by atoms with van der Waals surface area (Å²) in [5, 5.41) is 26.4. The lowest BCUT2D eigenvalue weighted by atomic mass is 9.73. The van der Waals surface area contributed by atoms with E-state index in [1.54, 1.807) is 0 Å². The van der Waals surface area contributed by atoms with Crippen LogP contribution in [-0.2, 0) is 22.6 Å². The number of allylic oxidation sites excluding steroid dienone is 1. The monoisotopic (exact) mass is 489 g/mol. The maximum Gasteiger partial charge on any atom is 0.251 e. The Morgan fingerprint density at radius 3 is 2.37 bits per heavy atom. The van der Waals surface area contributed by atoms with Crippen LogP contribution in [0.25, 0.3) is 0 Å². The Morgan fingerprint density at radius 2 is 1.83 bits per heavy atom. The van der Waals surface area contributed by atoms with Crippen LogP contribution in [0.3, 0.4) is 0 Å². The average Bonchev–Trinajstić information content (AvgIpc) is 3.35. The molecule has 0 radical (unpaired) electrons. The van der Waals surface area contributed by atoms with E-state index in [1.165, 1.54) is 0 Å². The summed E-state index contributed by atoms with van der Waals surface area (Å²) in [6, 6.07) is 18.0. The molecule has 0 spiro atoms. The standard InChI is InChI=1S/C28H32ClN5O/c1-19(2)33-27(35)26(24(16-30)17-31)28(34-9-8-32-18-34,25-7-5-6-22(13-25)15-29)14-23-11-20(3)10-21(4)12-23/h5-7,10-13,19,32H,8-9,14-15,18H2,1-4H3,(H,33,35). The summed E-state index contributed by atoms with van der Waals surface area (Å²) in [5.41, 5.74) is 3.90. The van der Waals surface area contributed by atoms with Gasteiger partial charge in [0.15, 0.2) is 0 Å². The molecule has 0 aliphatic carbocycles. The van der Waals surface area contributed by atoms with Gasteiger partial charge in [0.2, 0.25) is 0 Å². The van der Waals surface area contributed by atoms with E-state index in [9.17, 15) is 15.3 Å². The van der Waals surface area contributed by atoms with Gasteiger partial charge in [-0.3, -0.25) is 9.69 Å². The first-order valence-electron chi connectivity index (χ1n) is 11.8. The van der Waals surface area contributed by atoms with Gasteiger partial charge in [-0.15, -0.1) is 11.6 Å². The first-order chi connectivity index (χ1) is 16.7. The van der Waals surface area contributed by atoms with E-state index >= 15 is 0 Å². The average molecular weight is 490 g/mol. The zero-order chi connectivity index (χ0) is 25.6. The fourth-order valence-corrected chi connectivity index (χ4v) is 5.14. The molecule has 2 N–H and O–H groups in total. The number of carbonyl (C=O) groups is 1. The van der Waals surface area contributed by atoms with Crippen molar-refractivity contribution in [3.05, 3.63) is 81.4 Å². The zero-order valence-electron chi connectivity index (χ0n) is 20.8. The van der Waals surface area contributed by atoms with Crippen molar-refractivity contribution < 1.29 is 4.79 Å². The Bertz CT molecular complexity index is 1160. The minimum absolute atomic E-state index is 0.166. The predicted octanol–water partition coefficient (Wildman–Crippen LogP) is 4.21. The number of nitriles is 2. The SMILES string of the molecule is Cc1cc(C)cc(CC(C(C(=O)NC(C)C)=C(C#N)C#N)(c2cccc(CCl)c2)N2CCNC2)c1. The van der Waals surface area contributed by atoms with Crippen molar-refractivity contribution in [2.75, 3.05) is 19.8 Å². The molecule has 3 rings (SSSR count). The van der Waals surface area contributed by atoms with E-state index in [2.05, 4.69) is 33.7 Å². The second-order valence-corrected chi connectivity index (χ2v) is 9.66. The van der Waals surface area contributed by atoms with Gasteiger partial charge in [-0.05, 0) is 50.8 Å². The number of alkyl halides is 1. The number of aryl methyl sites for hydroxylation is 2. The number of nitrogens with one attached hydrogen (secondary N) is 2. The van der Waals surface area contributed by atoms with Crippen molar-refractivity contribution in [1.29, 1.82) is 10.5 Å². The quantitative estimate of drug-likeness (QED) is 0.329. The highest BCUT2D eigenvalue weighted by Crippen LogP contribution is 2.42. The summed E-state index contributed by atoms with van der Waals surface area (Å²) in [6.07, 6.45) is 0.413. The molecule has 1 fully saturated rings.